The Morgan fingerprint density at radius 3 is 2.87 bits per heavy atom. The Morgan fingerprint density at radius 1 is 1.53 bits per heavy atom. The Morgan fingerprint density at radius 2 is 2.33 bits per heavy atom. The summed E-state index contributed by atoms with van der Waals surface area (Å²) in [4.78, 5) is 0. The molecule has 0 amide bonds. The molecule has 0 radical (unpaired) electrons. The van der Waals surface area contributed by atoms with E-state index in [0.29, 0.717) is 5.92 Å². The maximum absolute atomic E-state index is 9.47. The molecule has 0 spiro atoms. The number of halogens is 1. The average molecular weight is 264 g/mol. The summed E-state index contributed by atoms with van der Waals surface area (Å²) in [5, 5.41) is 9.47. The van der Waals surface area contributed by atoms with Crippen LogP contribution in [0.2, 0.25) is 0 Å². The molecular formula is C13H14BrN. The molecule has 1 aromatic rings. The Labute approximate surface area is 99.2 Å². The maximum atomic E-state index is 9.47. The zero-order valence-electron chi connectivity index (χ0n) is 8.83. The van der Waals surface area contributed by atoms with Gasteiger partial charge in [-0.3, -0.25) is 0 Å². The fourth-order valence-electron chi connectivity index (χ4n) is 2.61. The number of hydrogen-bond donors (Lipinski definition) is 0. The van der Waals surface area contributed by atoms with Crippen LogP contribution in [0.15, 0.2) is 28.7 Å². The average Bonchev–Trinajstić information content (AvgIpc) is 2.61. The van der Waals surface area contributed by atoms with Crippen LogP contribution < -0.4 is 0 Å². The molecule has 0 N–H and O–H groups in total. The highest BCUT2D eigenvalue weighted by Crippen LogP contribution is 2.45. The van der Waals surface area contributed by atoms with Gasteiger partial charge in [0.1, 0.15) is 0 Å². The quantitative estimate of drug-likeness (QED) is 0.751. The molecule has 0 aromatic heterocycles. The van der Waals surface area contributed by atoms with Gasteiger partial charge in [0.05, 0.1) is 11.5 Å². The van der Waals surface area contributed by atoms with Crippen LogP contribution in [0.1, 0.15) is 31.7 Å². The topological polar surface area (TPSA) is 23.8 Å². The van der Waals surface area contributed by atoms with Gasteiger partial charge in [0.2, 0.25) is 0 Å². The zero-order valence-corrected chi connectivity index (χ0v) is 10.4. The van der Waals surface area contributed by atoms with Gasteiger partial charge in [-0.05, 0) is 36.5 Å². The number of hydrogen-bond acceptors (Lipinski definition) is 1. The molecule has 0 saturated heterocycles. The Kier molecular flexibility index (Phi) is 2.84. The van der Waals surface area contributed by atoms with Gasteiger partial charge in [-0.15, -0.1) is 0 Å². The molecule has 78 valence electrons. The van der Waals surface area contributed by atoms with Gasteiger partial charge in [-0.1, -0.05) is 41.4 Å². The lowest BCUT2D eigenvalue weighted by atomic mass is 9.74. The Bertz CT molecular complexity index is 407. The van der Waals surface area contributed by atoms with Gasteiger partial charge in [0, 0.05) is 4.47 Å². The third kappa shape index (κ3) is 1.70. The molecule has 1 aliphatic rings. The standard InChI is InChI=1S/C13H14BrN/c1-10-4-3-7-13(10,9-15)11-5-2-6-12(14)8-11/h2,5-6,8,10H,3-4,7H2,1H3. The molecule has 2 heteroatoms. The van der Waals surface area contributed by atoms with Crippen molar-refractivity contribution < 1.29 is 0 Å². The van der Waals surface area contributed by atoms with E-state index in [9.17, 15) is 5.26 Å². The lowest BCUT2D eigenvalue weighted by Gasteiger charge is -2.26. The van der Waals surface area contributed by atoms with Gasteiger partial charge in [-0.25, -0.2) is 0 Å². The van der Waals surface area contributed by atoms with Gasteiger partial charge < -0.3 is 0 Å². The fraction of sp³-hybridized carbons (Fsp3) is 0.462. The first-order valence-electron chi connectivity index (χ1n) is 5.36. The molecule has 1 aliphatic carbocycles. The highest BCUT2D eigenvalue weighted by atomic mass is 79.9. The minimum Gasteiger partial charge on any atom is -0.197 e. The van der Waals surface area contributed by atoms with Crippen LogP contribution in [0.3, 0.4) is 0 Å². The summed E-state index contributed by atoms with van der Waals surface area (Å²) in [6.07, 6.45) is 3.34. The summed E-state index contributed by atoms with van der Waals surface area (Å²) < 4.78 is 1.06. The van der Waals surface area contributed by atoms with Crippen LogP contribution in [0.4, 0.5) is 0 Å². The predicted octanol–water partition coefficient (Wildman–Crippen LogP) is 4.03. The van der Waals surface area contributed by atoms with Gasteiger partial charge >= 0.3 is 0 Å². The second-order valence-electron chi connectivity index (χ2n) is 4.39. The number of benzene rings is 1. The van der Waals surface area contributed by atoms with E-state index in [2.05, 4.69) is 41.1 Å². The van der Waals surface area contributed by atoms with Crippen LogP contribution in [0.5, 0.6) is 0 Å². The molecular weight excluding hydrogens is 250 g/mol. The lowest BCUT2D eigenvalue weighted by molar-refractivity contribution is 0.431. The molecule has 0 bridgehead atoms. The van der Waals surface area contributed by atoms with E-state index in [1.165, 1.54) is 18.4 Å². The minimum absolute atomic E-state index is 0.246. The number of nitriles is 1. The van der Waals surface area contributed by atoms with Crippen LogP contribution in [-0.4, -0.2) is 0 Å². The van der Waals surface area contributed by atoms with E-state index < -0.39 is 0 Å². The van der Waals surface area contributed by atoms with E-state index >= 15 is 0 Å². The molecule has 15 heavy (non-hydrogen) atoms. The second-order valence-corrected chi connectivity index (χ2v) is 5.30. The molecule has 1 saturated carbocycles. The van der Waals surface area contributed by atoms with E-state index in [-0.39, 0.29) is 5.41 Å². The van der Waals surface area contributed by atoms with Crippen LogP contribution >= 0.6 is 15.9 Å². The Hall–Kier alpha value is -0.810. The van der Waals surface area contributed by atoms with Crippen molar-refractivity contribution in [2.45, 2.75) is 31.6 Å². The molecule has 2 rings (SSSR count). The largest absolute Gasteiger partial charge is 0.197 e. The van der Waals surface area contributed by atoms with Crippen LogP contribution in [-0.2, 0) is 5.41 Å². The number of nitrogens with zero attached hydrogens (tertiary/aromatic N) is 1. The van der Waals surface area contributed by atoms with Crippen molar-refractivity contribution in [1.82, 2.24) is 0 Å². The monoisotopic (exact) mass is 263 g/mol. The Balaban J connectivity index is 2.48. The molecule has 0 aliphatic heterocycles. The van der Waals surface area contributed by atoms with E-state index in [0.717, 1.165) is 10.9 Å². The minimum atomic E-state index is -0.246. The summed E-state index contributed by atoms with van der Waals surface area (Å²) in [5.41, 5.74) is 0.924. The summed E-state index contributed by atoms with van der Waals surface area (Å²) >= 11 is 3.47. The summed E-state index contributed by atoms with van der Waals surface area (Å²) in [6.45, 7) is 2.19. The van der Waals surface area contributed by atoms with Crippen molar-refractivity contribution in [3.8, 4) is 6.07 Å². The number of rotatable bonds is 1. The van der Waals surface area contributed by atoms with Crippen molar-refractivity contribution in [2.75, 3.05) is 0 Å². The fourth-order valence-corrected chi connectivity index (χ4v) is 3.00. The van der Waals surface area contributed by atoms with E-state index in [4.69, 9.17) is 0 Å². The molecule has 1 fully saturated rings. The third-order valence-electron chi connectivity index (χ3n) is 3.59. The third-order valence-corrected chi connectivity index (χ3v) is 4.08. The second kappa shape index (κ2) is 3.98. The predicted molar refractivity (Wildman–Crippen MR) is 64.4 cm³/mol. The smallest absolute Gasteiger partial charge is 0.0848 e. The maximum Gasteiger partial charge on any atom is 0.0848 e. The van der Waals surface area contributed by atoms with Crippen molar-refractivity contribution in [1.29, 1.82) is 5.26 Å². The molecule has 0 heterocycles. The van der Waals surface area contributed by atoms with Crippen molar-refractivity contribution in [3.63, 3.8) is 0 Å². The summed E-state index contributed by atoms with van der Waals surface area (Å²) in [7, 11) is 0. The zero-order chi connectivity index (χ0) is 10.9. The molecule has 1 nitrogen and oxygen atoms in total. The molecule has 2 atom stereocenters. The SMILES string of the molecule is CC1CCCC1(C#N)c1cccc(Br)c1. The highest BCUT2D eigenvalue weighted by Gasteiger charge is 2.42. The molecule has 2 unspecified atom stereocenters. The first-order chi connectivity index (χ1) is 7.19. The van der Waals surface area contributed by atoms with Crippen molar-refractivity contribution in [2.24, 2.45) is 5.92 Å². The van der Waals surface area contributed by atoms with Gasteiger partial charge in [0.25, 0.3) is 0 Å². The van der Waals surface area contributed by atoms with Gasteiger partial charge in [-0.2, -0.15) is 5.26 Å². The van der Waals surface area contributed by atoms with Crippen molar-refractivity contribution >= 4 is 15.9 Å². The van der Waals surface area contributed by atoms with E-state index in [1.54, 1.807) is 0 Å². The van der Waals surface area contributed by atoms with Crippen LogP contribution in [0, 0.1) is 17.2 Å². The summed E-state index contributed by atoms with van der Waals surface area (Å²) in [5.74, 6) is 0.469. The van der Waals surface area contributed by atoms with Gasteiger partial charge in [0.15, 0.2) is 0 Å². The summed E-state index contributed by atoms with van der Waals surface area (Å²) in [6, 6.07) is 10.7. The van der Waals surface area contributed by atoms with Crippen molar-refractivity contribution in [3.05, 3.63) is 34.3 Å². The van der Waals surface area contributed by atoms with Crippen LogP contribution in [0.25, 0.3) is 0 Å². The van der Waals surface area contributed by atoms with E-state index in [1.807, 2.05) is 12.1 Å². The first kappa shape index (κ1) is 10.7. The normalized spacial score (nSPS) is 30.1. The first-order valence-corrected chi connectivity index (χ1v) is 6.15. The molecule has 1 aromatic carbocycles. The highest BCUT2D eigenvalue weighted by molar-refractivity contribution is 9.10. The lowest BCUT2D eigenvalue weighted by Crippen LogP contribution is -2.26.